The van der Waals surface area contributed by atoms with Gasteiger partial charge in [0.25, 0.3) is 5.56 Å². The third-order valence-corrected chi connectivity index (χ3v) is 6.22. The van der Waals surface area contributed by atoms with E-state index in [0.29, 0.717) is 5.88 Å². The molecule has 0 unspecified atom stereocenters. The maximum Gasteiger partial charge on any atom is 0.266 e. The molecule has 10 nitrogen and oxygen atoms in total. The van der Waals surface area contributed by atoms with E-state index in [0.717, 1.165) is 53.7 Å². The first kappa shape index (κ1) is 22.1. The van der Waals surface area contributed by atoms with Gasteiger partial charge in [0.1, 0.15) is 17.6 Å². The third-order valence-electron chi connectivity index (χ3n) is 6.22. The Labute approximate surface area is 197 Å². The molecule has 0 saturated heterocycles. The predicted octanol–water partition coefficient (Wildman–Crippen LogP) is 3.31. The Bertz CT molecular complexity index is 1360. The van der Waals surface area contributed by atoms with E-state index in [2.05, 4.69) is 45.1 Å². The van der Waals surface area contributed by atoms with Crippen molar-refractivity contribution >= 4 is 16.7 Å². The molecule has 0 atom stereocenters. The molecule has 0 aliphatic heterocycles. The quantitative estimate of drug-likeness (QED) is 0.469. The molecule has 1 saturated carbocycles. The number of nitrogens with zero attached hydrogens (tertiary/aromatic N) is 7. The highest BCUT2D eigenvalue weighted by Crippen LogP contribution is 2.36. The molecule has 0 aromatic carbocycles. The summed E-state index contributed by atoms with van der Waals surface area (Å²) in [5.74, 6) is 1.34. The van der Waals surface area contributed by atoms with Crippen LogP contribution in [0.15, 0.2) is 41.6 Å². The van der Waals surface area contributed by atoms with Crippen molar-refractivity contribution in [1.29, 1.82) is 0 Å². The van der Waals surface area contributed by atoms with Gasteiger partial charge in [-0.05, 0) is 39.5 Å². The largest absolute Gasteiger partial charge is 0.473 e. The summed E-state index contributed by atoms with van der Waals surface area (Å²) >= 11 is 0. The number of fused-ring (bicyclic) bond motifs is 1. The van der Waals surface area contributed by atoms with Gasteiger partial charge in [0, 0.05) is 61.7 Å². The van der Waals surface area contributed by atoms with Crippen molar-refractivity contribution in [2.75, 3.05) is 5.32 Å². The Morgan fingerprint density at radius 2 is 1.88 bits per heavy atom. The molecule has 0 amide bonds. The second kappa shape index (κ2) is 8.92. The van der Waals surface area contributed by atoms with Crippen LogP contribution in [0.1, 0.15) is 45.6 Å². The van der Waals surface area contributed by atoms with Crippen molar-refractivity contribution in [2.24, 2.45) is 14.1 Å². The Morgan fingerprint density at radius 3 is 2.56 bits per heavy atom. The van der Waals surface area contributed by atoms with Gasteiger partial charge in [-0.15, -0.1) is 5.10 Å². The molecule has 1 aliphatic carbocycles. The minimum absolute atomic E-state index is 0.0701. The molecule has 1 N–H and O–H groups in total. The summed E-state index contributed by atoms with van der Waals surface area (Å²) in [6, 6.07) is 5.78. The van der Waals surface area contributed by atoms with Crippen LogP contribution in [-0.2, 0) is 14.1 Å². The molecule has 0 spiro atoms. The second-order valence-corrected chi connectivity index (χ2v) is 9.26. The number of aryl methyl sites for hydroxylation is 2. The first-order valence-electron chi connectivity index (χ1n) is 11.7. The van der Waals surface area contributed by atoms with Gasteiger partial charge in [-0.2, -0.15) is 10.2 Å². The van der Waals surface area contributed by atoms with Crippen LogP contribution in [0.25, 0.3) is 22.2 Å². The molecular formula is C24H30N8O2. The third kappa shape index (κ3) is 4.40. The van der Waals surface area contributed by atoms with Crippen molar-refractivity contribution in [3.63, 3.8) is 0 Å². The van der Waals surface area contributed by atoms with Crippen LogP contribution >= 0.6 is 0 Å². The Morgan fingerprint density at radius 1 is 1.09 bits per heavy atom. The lowest BCUT2D eigenvalue weighted by molar-refractivity contribution is 0.123. The molecule has 5 rings (SSSR count). The zero-order valence-electron chi connectivity index (χ0n) is 20.0. The highest BCUT2D eigenvalue weighted by atomic mass is 16.5. The van der Waals surface area contributed by atoms with Crippen molar-refractivity contribution in [3.05, 3.63) is 47.1 Å². The minimum Gasteiger partial charge on any atom is -0.473 e. The van der Waals surface area contributed by atoms with Crippen molar-refractivity contribution < 1.29 is 4.74 Å². The van der Waals surface area contributed by atoms with E-state index < -0.39 is 0 Å². The standard InChI is InChI=1S/C24H30N8O2/c1-15(2)27-21-11-20-19(13-25-21)24(16-12-26-30(3)14-16)29-32(20)17-5-7-18(8-6-17)34-22-9-10-23(33)31(4)28-22/h9-15,17-18H,5-8H2,1-4H3,(H,25,27)/t17-,18+. The number of ether oxygens (including phenoxy) is 1. The van der Waals surface area contributed by atoms with Crippen molar-refractivity contribution in [1.82, 2.24) is 34.3 Å². The molecule has 10 heteroatoms. The summed E-state index contributed by atoms with van der Waals surface area (Å²) in [6.07, 6.45) is 9.47. The number of rotatable bonds is 6. The van der Waals surface area contributed by atoms with Crippen molar-refractivity contribution in [2.45, 2.75) is 57.7 Å². The molecule has 34 heavy (non-hydrogen) atoms. The highest BCUT2D eigenvalue weighted by molar-refractivity contribution is 5.93. The molecule has 4 aromatic rings. The van der Waals surface area contributed by atoms with Crippen molar-refractivity contribution in [3.8, 4) is 17.1 Å². The van der Waals surface area contributed by atoms with E-state index in [1.807, 2.05) is 25.6 Å². The number of anilines is 1. The molecular weight excluding hydrogens is 432 g/mol. The van der Waals surface area contributed by atoms with Crippen LogP contribution in [0.2, 0.25) is 0 Å². The Kier molecular flexibility index (Phi) is 5.80. The number of hydrogen-bond acceptors (Lipinski definition) is 7. The van der Waals surface area contributed by atoms with E-state index in [9.17, 15) is 4.79 Å². The maximum absolute atomic E-state index is 11.6. The van der Waals surface area contributed by atoms with E-state index in [-0.39, 0.29) is 23.7 Å². The monoisotopic (exact) mass is 462 g/mol. The molecule has 0 radical (unpaired) electrons. The summed E-state index contributed by atoms with van der Waals surface area (Å²) in [6.45, 7) is 4.20. The zero-order valence-corrected chi connectivity index (χ0v) is 20.0. The molecule has 4 aromatic heterocycles. The average molecular weight is 463 g/mol. The molecule has 1 aliphatic rings. The number of nitrogens with one attached hydrogen (secondary N) is 1. The molecule has 1 fully saturated rings. The van der Waals surface area contributed by atoms with Gasteiger partial charge in [-0.1, -0.05) is 0 Å². The fourth-order valence-corrected chi connectivity index (χ4v) is 4.56. The van der Waals surface area contributed by atoms with E-state index in [4.69, 9.17) is 9.84 Å². The topological polar surface area (TPSA) is 105 Å². The summed E-state index contributed by atoms with van der Waals surface area (Å²) < 4.78 is 11.3. The highest BCUT2D eigenvalue weighted by Gasteiger charge is 2.27. The van der Waals surface area contributed by atoms with Crippen LogP contribution in [0.3, 0.4) is 0 Å². The van der Waals surface area contributed by atoms with Gasteiger partial charge < -0.3 is 10.1 Å². The average Bonchev–Trinajstić information content (AvgIpc) is 3.40. The van der Waals surface area contributed by atoms with E-state index in [1.54, 1.807) is 17.8 Å². The van der Waals surface area contributed by atoms with Gasteiger partial charge in [-0.25, -0.2) is 9.67 Å². The predicted molar refractivity (Wildman–Crippen MR) is 130 cm³/mol. The van der Waals surface area contributed by atoms with Gasteiger partial charge in [0.2, 0.25) is 5.88 Å². The maximum atomic E-state index is 11.6. The van der Waals surface area contributed by atoms with E-state index >= 15 is 0 Å². The lowest BCUT2D eigenvalue weighted by atomic mass is 9.93. The summed E-state index contributed by atoms with van der Waals surface area (Å²) in [7, 11) is 3.54. The fourth-order valence-electron chi connectivity index (χ4n) is 4.56. The number of aromatic nitrogens is 7. The molecule has 178 valence electrons. The van der Waals surface area contributed by atoms with Crippen LogP contribution in [-0.4, -0.2) is 46.5 Å². The Balaban J connectivity index is 1.41. The molecule has 4 heterocycles. The minimum atomic E-state index is -0.146. The smallest absolute Gasteiger partial charge is 0.266 e. The first-order chi connectivity index (χ1) is 16.4. The lowest BCUT2D eigenvalue weighted by Gasteiger charge is -2.29. The van der Waals surface area contributed by atoms with Gasteiger partial charge >= 0.3 is 0 Å². The van der Waals surface area contributed by atoms with Crippen LogP contribution < -0.4 is 15.6 Å². The summed E-state index contributed by atoms with van der Waals surface area (Å²) in [4.78, 5) is 16.2. The normalized spacial score (nSPS) is 18.5. The van der Waals surface area contributed by atoms with Gasteiger partial charge in [0.15, 0.2) is 0 Å². The number of pyridine rings is 1. The lowest BCUT2D eigenvalue weighted by Crippen LogP contribution is -2.27. The summed E-state index contributed by atoms with van der Waals surface area (Å²) in [5.41, 5.74) is 2.81. The summed E-state index contributed by atoms with van der Waals surface area (Å²) in [5, 5.41) is 18.0. The van der Waals surface area contributed by atoms with Crippen LogP contribution in [0.4, 0.5) is 5.82 Å². The van der Waals surface area contributed by atoms with E-state index in [1.165, 1.54) is 10.7 Å². The SMILES string of the molecule is CC(C)Nc1cc2c(cn1)c(-c1cnn(C)c1)nn2[C@H]1CC[C@@H](Oc2ccc(=O)n(C)n2)CC1. The Hall–Kier alpha value is -3.69. The second-order valence-electron chi connectivity index (χ2n) is 9.26. The van der Waals surface area contributed by atoms with Crippen LogP contribution in [0.5, 0.6) is 5.88 Å². The van der Waals surface area contributed by atoms with Gasteiger partial charge in [-0.3, -0.25) is 14.2 Å². The van der Waals surface area contributed by atoms with Crippen LogP contribution in [0, 0.1) is 0 Å². The fraction of sp³-hybridized carbons (Fsp3) is 0.458. The number of hydrogen-bond donors (Lipinski definition) is 1. The van der Waals surface area contributed by atoms with Gasteiger partial charge in [0.05, 0.1) is 17.8 Å². The first-order valence-corrected chi connectivity index (χ1v) is 11.7. The zero-order chi connectivity index (χ0) is 23.8. The molecule has 0 bridgehead atoms.